The topological polar surface area (TPSA) is 93.5 Å². The second-order valence-corrected chi connectivity index (χ2v) is 10.7. The Morgan fingerprint density at radius 2 is 1.83 bits per heavy atom. The predicted molar refractivity (Wildman–Crippen MR) is 137 cm³/mol. The maximum Gasteiger partial charge on any atom is 0.347 e. The van der Waals surface area contributed by atoms with E-state index in [1.807, 2.05) is 26.0 Å². The quantitative estimate of drug-likeness (QED) is 0.534. The minimum atomic E-state index is -1.30. The first kappa shape index (κ1) is 26.3. The second-order valence-electron chi connectivity index (χ2n) is 10.7. The Morgan fingerprint density at radius 3 is 2.37 bits per heavy atom. The molecule has 7 nitrogen and oxygen atoms in total. The van der Waals surface area contributed by atoms with Crippen molar-refractivity contribution in [3.05, 3.63) is 65.1 Å². The molecule has 1 heterocycles. The maximum absolute atomic E-state index is 13.0. The van der Waals surface area contributed by atoms with Crippen LogP contribution >= 0.6 is 0 Å². The number of aromatic nitrogens is 2. The number of aliphatic carboxylic acids is 1. The van der Waals surface area contributed by atoms with Crippen molar-refractivity contribution >= 4 is 11.9 Å². The Kier molecular flexibility index (Phi) is 7.58. The molecule has 1 aromatic carbocycles. The number of carbonyl (C=O) groups excluding carboxylic acids is 1. The number of aryl methyl sites for hydroxylation is 1. The summed E-state index contributed by atoms with van der Waals surface area (Å²) >= 11 is 0. The molecule has 0 bridgehead atoms. The van der Waals surface area contributed by atoms with Gasteiger partial charge in [0.25, 0.3) is 5.91 Å². The Balaban J connectivity index is 1.66. The highest BCUT2D eigenvalue weighted by Gasteiger charge is 2.31. The van der Waals surface area contributed by atoms with Crippen LogP contribution in [0.2, 0.25) is 0 Å². The number of carbonyl (C=O) groups is 2. The molecule has 0 radical (unpaired) electrons. The van der Waals surface area contributed by atoms with Gasteiger partial charge in [0.2, 0.25) is 0 Å². The summed E-state index contributed by atoms with van der Waals surface area (Å²) in [5, 5.41) is 17.0. The van der Waals surface area contributed by atoms with Gasteiger partial charge in [0.15, 0.2) is 5.60 Å². The van der Waals surface area contributed by atoms with E-state index in [0.717, 1.165) is 16.8 Å². The van der Waals surface area contributed by atoms with Crippen LogP contribution in [0.25, 0.3) is 11.3 Å². The summed E-state index contributed by atoms with van der Waals surface area (Å²) in [7, 11) is 0. The third-order valence-electron chi connectivity index (χ3n) is 6.27. The molecule has 0 fully saturated rings. The molecule has 0 aliphatic heterocycles. The number of hydrogen-bond donors (Lipinski definition) is 2. The number of carboxylic acid groups (broad SMARTS) is 1. The average Bonchev–Trinajstić information content (AvgIpc) is 3.23. The zero-order valence-corrected chi connectivity index (χ0v) is 21.8. The summed E-state index contributed by atoms with van der Waals surface area (Å²) in [6, 6.07) is 10.2. The first-order valence-electron chi connectivity index (χ1n) is 12.1. The van der Waals surface area contributed by atoms with Gasteiger partial charge in [0.05, 0.1) is 5.69 Å². The molecule has 1 amide bonds. The Labute approximate surface area is 207 Å². The molecule has 7 heteroatoms. The summed E-state index contributed by atoms with van der Waals surface area (Å²) in [5.74, 6) is -0.508. The number of nitrogens with zero attached hydrogens (tertiary/aromatic N) is 2. The number of ether oxygens (including phenoxy) is 1. The molecule has 2 N–H and O–H groups in total. The molecule has 0 spiro atoms. The van der Waals surface area contributed by atoms with Crippen molar-refractivity contribution in [2.75, 3.05) is 6.54 Å². The van der Waals surface area contributed by atoms with Crippen LogP contribution in [0.3, 0.4) is 0 Å². The first-order chi connectivity index (χ1) is 16.3. The highest BCUT2D eigenvalue weighted by atomic mass is 16.5. The van der Waals surface area contributed by atoms with Crippen LogP contribution in [-0.2, 0) is 21.5 Å². The summed E-state index contributed by atoms with van der Waals surface area (Å²) < 4.78 is 7.42. The van der Waals surface area contributed by atoms with Crippen LogP contribution < -0.4 is 5.32 Å². The maximum atomic E-state index is 13.0. The van der Waals surface area contributed by atoms with E-state index in [0.29, 0.717) is 31.0 Å². The van der Waals surface area contributed by atoms with E-state index < -0.39 is 11.6 Å². The standard InChI is InChI=1S/C28H37N3O4/c1-8-31-23(16-22(30-31)20-10-12-21(13-11-20)27(3,4)5)25(32)29-17-19-9-14-24(18(2)15-19)35-28(6,7)26(33)34/h9-14,16,19H,8,15,17H2,1-7H3,(H,29,32)(H,33,34). The Bertz CT molecular complexity index is 1150. The van der Waals surface area contributed by atoms with Crippen molar-refractivity contribution in [2.45, 2.75) is 72.4 Å². The zero-order valence-electron chi connectivity index (χ0n) is 21.8. The molecule has 3 rings (SSSR count). The van der Waals surface area contributed by atoms with Crippen LogP contribution in [0.5, 0.6) is 0 Å². The van der Waals surface area contributed by atoms with Gasteiger partial charge in [-0.2, -0.15) is 5.10 Å². The number of hydrogen-bond acceptors (Lipinski definition) is 4. The smallest absolute Gasteiger partial charge is 0.347 e. The largest absolute Gasteiger partial charge is 0.478 e. The van der Waals surface area contributed by atoms with Gasteiger partial charge in [-0.25, -0.2) is 4.79 Å². The van der Waals surface area contributed by atoms with E-state index in [-0.39, 0.29) is 17.2 Å². The van der Waals surface area contributed by atoms with E-state index in [1.54, 1.807) is 10.8 Å². The van der Waals surface area contributed by atoms with E-state index in [2.05, 4.69) is 55.5 Å². The van der Waals surface area contributed by atoms with Crippen LogP contribution in [0.15, 0.2) is 53.8 Å². The van der Waals surface area contributed by atoms with E-state index in [4.69, 9.17) is 4.74 Å². The van der Waals surface area contributed by atoms with E-state index >= 15 is 0 Å². The molecule has 1 atom stereocenters. The number of rotatable bonds is 8. The molecule has 1 aromatic heterocycles. The molecule has 2 aromatic rings. The molecule has 188 valence electrons. The molecular weight excluding hydrogens is 442 g/mol. The number of nitrogens with one attached hydrogen (secondary N) is 1. The number of allylic oxidation sites excluding steroid dienone is 2. The number of carboxylic acids is 1. The summed E-state index contributed by atoms with van der Waals surface area (Å²) in [5.41, 5.74) is 3.27. The molecule has 1 aliphatic rings. The van der Waals surface area contributed by atoms with Gasteiger partial charge in [-0.15, -0.1) is 0 Å². The lowest BCUT2D eigenvalue weighted by Gasteiger charge is -2.27. The van der Waals surface area contributed by atoms with Crippen molar-refractivity contribution in [2.24, 2.45) is 5.92 Å². The predicted octanol–water partition coefficient (Wildman–Crippen LogP) is 5.33. The third kappa shape index (κ3) is 6.21. The van der Waals surface area contributed by atoms with Gasteiger partial charge in [0.1, 0.15) is 11.5 Å². The van der Waals surface area contributed by atoms with Crippen LogP contribution in [0, 0.1) is 5.92 Å². The lowest BCUT2D eigenvalue weighted by atomic mass is 9.86. The molecule has 1 aliphatic carbocycles. The first-order valence-corrected chi connectivity index (χ1v) is 12.1. The third-order valence-corrected chi connectivity index (χ3v) is 6.27. The fraction of sp³-hybridized carbons (Fsp3) is 0.464. The molecule has 0 saturated heterocycles. The van der Waals surface area contributed by atoms with Gasteiger partial charge >= 0.3 is 5.97 Å². The SMILES string of the molecule is CCn1nc(-c2ccc(C(C)(C)C)cc2)cc1C(=O)NCC1C=CC(OC(C)(C)C(=O)O)=C(C)C1. The van der Waals surface area contributed by atoms with Gasteiger partial charge in [-0.3, -0.25) is 9.48 Å². The lowest BCUT2D eigenvalue weighted by molar-refractivity contribution is -0.156. The fourth-order valence-corrected chi connectivity index (χ4v) is 3.94. The summed E-state index contributed by atoms with van der Waals surface area (Å²) in [6.07, 6.45) is 4.44. The van der Waals surface area contributed by atoms with Crippen LogP contribution in [-0.4, -0.2) is 38.9 Å². The average molecular weight is 480 g/mol. The molecule has 0 saturated carbocycles. The summed E-state index contributed by atoms with van der Waals surface area (Å²) in [6.45, 7) is 14.5. The van der Waals surface area contributed by atoms with Crippen molar-refractivity contribution in [3.8, 4) is 11.3 Å². The van der Waals surface area contributed by atoms with Crippen molar-refractivity contribution < 1.29 is 19.4 Å². The van der Waals surface area contributed by atoms with E-state index in [1.165, 1.54) is 19.4 Å². The minimum Gasteiger partial charge on any atom is -0.478 e. The molecular formula is C28H37N3O4. The van der Waals surface area contributed by atoms with Crippen molar-refractivity contribution in [3.63, 3.8) is 0 Å². The Morgan fingerprint density at radius 1 is 1.17 bits per heavy atom. The van der Waals surface area contributed by atoms with Gasteiger partial charge in [-0.1, -0.05) is 51.1 Å². The van der Waals surface area contributed by atoms with E-state index in [9.17, 15) is 14.7 Å². The van der Waals surface area contributed by atoms with Crippen LogP contribution in [0.4, 0.5) is 0 Å². The summed E-state index contributed by atoms with van der Waals surface area (Å²) in [4.78, 5) is 24.4. The van der Waals surface area contributed by atoms with Crippen molar-refractivity contribution in [1.29, 1.82) is 0 Å². The monoisotopic (exact) mass is 479 g/mol. The highest BCUT2D eigenvalue weighted by Crippen LogP contribution is 2.28. The zero-order chi connectivity index (χ0) is 26.0. The normalized spacial score (nSPS) is 16.4. The number of benzene rings is 1. The highest BCUT2D eigenvalue weighted by molar-refractivity contribution is 5.93. The molecule has 1 unspecified atom stereocenters. The van der Waals surface area contributed by atoms with Crippen molar-refractivity contribution in [1.82, 2.24) is 15.1 Å². The van der Waals surface area contributed by atoms with Crippen LogP contribution in [0.1, 0.15) is 70.9 Å². The Hall–Kier alpha value is -3.35. The lowest BCUT2D eigenvalue weighted by Crippen LogP contribution is -2.35. The minimum absolute atomic E-state index is 0.0762. The second kappa shape index (κ2) is 10.1. The van der Waals surface area contributed by atoms with Gasteiger partial charge < -0.3 is 15.2 Å². The number of amides is 1. The fourth-order valence-electron chi connectivity index (χ4n) is 3.94. The van der Waals surface area contributed by atoms with Gasteiger partial charge in [0, 0.05) is 18.7 Å². The molecule has 35 heavy (non-hydrogen) atoms. The van der Waals surface area contributed by atoms with Gasteiger partial charge in [-0.05, 0) is 68.7 Å².